The molecule has 0 saturated carbocycles. The first-order valence-electron chi connectivity index (χ1n) is 7.25. The predicted octanol–water partition coefficient (Wildman–Crippen LogP) is 1.38. The summed E-state index contributed by atoms with van der Waals surface area (Å²) >= 11 is 0. The van der Waals surface area contributed by atoms with E-state index in [4.69, 9.17) is 14.2 Å². The van der Waals surface area contributed by atoms with Gasteiger partial charge in [0.1, 0.15) is 12.5 Å². The normalized spacial score (nSPS) is 16.5. The minimum absolute atomic E-state index is 0.137. The number of rotatable bonds is 8. The van der Waals surface area contributed by atoms with Crippen LogP contribution in [-0.2, 0) is 24.1 Å². The molecule has 1 aliphatic rings. The molecule has 1 aromatic carbocycles. The van der Waals surface area contributed by atoms with E-state index < -0.39 is 15.3 Å². The number of allylic oxidation sites excluding steroid dienone is 2. The molecule has 0 aromatic heterocycles. The first-order chi connectivity index (χ1) is 11.5. The van der Waals surface area contributed by atoms with E-state index in [1.54, 1.807) is 24.3 Å². The van der Waals surface area contributed by atoms with Crippen LogP contribution in [-0.4, -0.2) is 40.2 Å². The molecule has 1 amide bonds. The van der Waals surface area contributed by atoms with Crippen molar-refractivity contribution < 1.29 is 27.4 Å². The van der Waals surface area contributed by atoms with Gasteiger partial charge in [0, 0.05) is 7.11 Å². The minimum Gasteiger partial charge on any atom is -0.493 e. The third kappa shape index (κ3) is 4.84. The molecule has 1 aromatic rings. The average molecular weight is 353 g/mol. The molecule has 2 rings (SSSR count). The summed E-state index contributed by atoms with van der Waals surface area (Å²) in [6.07, 6.45) is 6.23. The highest BCUT2D eigenvalue weighted by molar-refractivity contribution is 7.92. The topological polar surface area (TPSA) is 90.9 Å². The van der Waals surface area contributed by atoms with Crippen molar-refractivity contribution in [3.8, 4) is 5.75 Å². The van der Waals surface area contributed by atoms with E-state index in [1.807, 2.05) is 0 Å². The fraction of sp³-hybridized carbons (Fsp3) is 0.312. The van der Waals surface area contributed by atoms with Crippen molar-refractivity contribution in [2.24, 2.45) is 0 Å². The highest BCUT2D eigenvalue weighted by Gasteiger charge is 2.26. The van der Waals surface area contributed by atoms with Crippen molar-refractivity contribution in [3.05, 3.63) is 48.8 Å². The van der Waals surface area contributed by atoms with Gasteiger partial charge < -0.3 is 19.5 Å². The molecule has 0 spiro atoms. The van der Waals surface area contributed by atoms with E-state index in [0.29, 0.717) is 5.75 Å². The van der Waals surface area contributed by atoms with Crippen LogP contribution in [0, 0.1) is 0 Å². The smallest absolute Gasteiger partial charge is 0.225 e. The lowest BCUT2D eigenvalue weighted by molar-refractivity contribution is -0.123. The molecule has 0 bridgehead atoms. The Morgan fingerprint density at radius 2 is 2.00 bits per heavy atom. The summed E-state index contributed by atoms with van der Waals surface area (Å²) in [5.74, 6) is 0.291. The standard InChI is InChI=1S/C16H19NO6S/c1-21-12-17-15(18)9-11-22-13-5-7-14(8-6-13)24(19,20)16-4-2-3-10-23-16/h2-8,10,16H,9,11-12H2,1H3,(H,17,18). The van der Waals surface area contributed by atoms with Crippen LogP contribution in [0.3, 0.4) is 0 Å². The fourth-order valence-corrected chi connectivity index (χ4v) is 3.20. The minimum atomic E-state index is -3.62. The van der Waals surface area contributed by atoms with Gasteiger partial charge in [-0.3, -0.25) is 4.79 Å². The van der Waals surface area contributed by atoms with E-state index in [-0.39, 0.29) is 30.6 Å². The van der Waals surface area contributed by atoms with E-state index in [2.05, 4.69) is 5.32 Å². The number of hydrogen-bond donors (Lipinski definition) is 1. The number of methoxy groups -OCH3 is 1. The number of carbonyl (C=O) groups excluding carboxylic acids is 1. The molecule has 0 radical (unpaired) electrons. The maximum atomic E-state index is 12.4. The van der Waals surface area contributed by atoms with Gasteiger partial charge in [0.2, 0.25) is 21.2 Å². The van der Waals surface area contributed by atoms with Crippen molar-refractivity contribution in [3.63, 3.8) is 0 Å². The molecule has 1 N–H and O–H groups in total. The maximum absolute atomic E-state index is 12.4. The number of benzene rings is 1. The first-order valence-corrected chi connectivity index (χ1v) is 8.80. The monoisotopic (exact) mass is 353 g/mol. The van der Waals surface area contributed by atoms with Crippen LogP contribution in [0.5, 0.6) is 5.75 Å². The molecule has 7 nitrogen and oxygen atoms in total. The van der Waals surface area contributed by atoms with E-state index in [1.165, 1.54) is 31.6 Å². The molecule has 0 fully saturated rings. The van der Waals surface area contributed by atoms with Crippen molar-refractivity contribution in [1.82, 2.24) is 5.32 Å². The van der Waals surface area contributed by atoms with E-state index >= 15 is 0 Å². The number of nitrogens with one attached hydrogen (secondary N) is 1. The molecule has 1 atom stereocenters. The summed E-state index contributed by atoms with van der Waals surface area (Å²) in [5.41, 5.74) is -1.03. The fourth-order valence-electron chi connectivity index (χ4n) is 1.91. The summed E-state index contributed by atoms with van der Waals surface area (Å²) in [6, 6.07) is 5.99. The zero-order chi connectivity index (χ0) is 17.4. The Hall–Kier alpha value is -2.32. The summed E-state index contributed by atoms with van der Waals surface area (Å²) in [5, 5.41) is 2.54. The Bertz CT molecular complexity index is 709. The van der Waals surface area contributed by atoms with E-state index in [0.717, 1.165) is 0 Å². The van der Waals surface area contributed by atoms with Gasteiger partial charge in [-0.15, -0.1) is 0 Å². The summed E-state index contributed by atoms with van der Waals surface area (Å²) in [7, 11) is -2.13. The summed E-state index contributed by atoms with van der Waals surface area (Å²) in [4.78, 5) is 11.5. The van der Waals surface area contributed by atoms with Crippen LogP contribution in [0.15, 0.2) is 53.7 Å². The number of sulfone groups is 1. The van der Waals surface area contributed by atoms with E-state index in [9.17, 15) is 13.2 Å². The van der Waals surface area contributed by atoms with Gasteiger partial charge in [0.05, 0.1) is 24.2 Å². The van der Waals surface area contributed by atoms with Crippen molar-refractivity contribution in [2.45, 2.75) is 16.8 Å². The van der Waals surface area contributed by atoms with Gasteiger partial charge >= 0.3 is 0 Å². The second-order valence-corrected chi connectivity index (χ2v) is 6.89. The van der Waals surface area contributed by atoms with Crippen molar-refractivity contribution >= 4 is 15.7 Å². The van der Waals surface area contributed by atoms with Gasteiger partial charge in [-0.25, -0.2) is 8.42 Å². The molecular weight excluding hydrogens is 334 g/mol. The highest BCUT2D eigenvalue weighted by Crippen LogP contribution is 2.22. The van der Waals surface area contributed by atoms with Crippen LogP contribution >= 0.6 is 0 Å². The summed E-state index contributed by atoms with van der Waals surface area (Å²) < 4.78 is 40.0. The highest BCUT2D eigenvalue weighted by atomic mass is 32.2. The van der Waals surface area contributed by atoms with Gasteiger partial charge in [-0.2, -0.15) is 0 Å². The average Bonchev–Trinajstić information content (AvgIpc) is 2.61. The zero-order valence-electron chi connectivity index (χ0n) is 13.2. The third-order valence-corrected chi connectivity index (χ3v) is 4.95. The Morgan fingerprint density at radius 1 is 1.25 bits per heavy atom. The lowest BCUT2D eigenvalue weighted by Gasteiger charge is -2.16. The second kappa shape index (κ2) is 8.51. The van der Waals surface area contributed by atoms with Crippen LogP contribution in [0.2, 0.25) is 0 Å². The SMILES string of the molecule is COCNC(=O)CCOc1ccc(S(=O)(=O)C2C=CC=CO2)cc1. The van der Waals surface area contributed by atoms with Gasteiger partial charge in [0.15, 0.2) is 0 Å². The first kappa shape index (κ1) is 18.0. The lowest BCUT2D eigenvalue weighted by Crippen LogP contribution is -2.26. The molecular formula is C16H19NO6S. The van der Waals surface area contributed by atoms with Crippen LogP contribution in [0.1, 0.15) is 6.42 Å². The third-order valence-electron chi connectivity index (χ3n) is 3.14. The number of amides is 1. The van der Waals surface area contributed by atoms with Gasteiger partial charge in [0.25, 0.3) is 0 Å². The molecule has 1 unspecified atom stereocenters. The number of carbonyl (C=O) groups is 1. The molecule has 8 heteroatoms. The molecule has 1 heterocycles. The Morgan fingerprint density at radius 3 is 2.62 bits per heavy atom. The Labute approximate surface area is 140 Å². The Balaban J connectivity index is 1.90. The molecule has 24 heavy (non-hydrogen) atoms. The van der Waals surface area contributed by atoms with Crippen molar-refractivity contribution in [1.29, 1.82) is 0 Å². The molecule has 130 valence electrons. The van der Waals surface area contributed by atoms with Crippen LogP contribution < -0.4 is 10.1 Å². The predicted molar refractivity (Wildman–Crippen MR) is 86.9 cm³/mol. The van der Waals surface area contributed by atoms with Gasteiger partial charge in [-0.1, -0.05) is 6.08 Å². The van der Waals surface area contributed by atoms with Gasteiger partial charge in [-0.05, 0) is 36.4 Å². The van der Waals surface area contributed by atoms with Crippen molar-refractivity contribution in [2.75, 3.05) is 20.4 Å². The lowest BCUT2D eigenvalue weighted by atomic mass is 10.3. The zero-order valence-corrected chi connectivity index (χ0v) is 14.0. The number of hydrogen-bond acceptors (Lipinski definition) is 6. The maximum Gasteiger partial charge on any atom is 0.225 e. The molecule has 0 saturated heterocycles. The van der Waals surface area contributed by atoms with Crippen LogP contribution in [0.4, 0.5) is 0 Å². The summed E-state index contributed by atoms with van der Waals surface area (Å²) in [6.45, 7) is 0.333. The molecule has 1 aliphatic heterocycles. The molecule has 0 aliphatic carbocycles. The van der Waals surface area contributed by atoms with Crippen LogP contribution in [0.25, 0.3) is 0 Å². The largest absolute Gasteiger partial charge is 0.493 e. The second-order valence-electron chi connectivity index (χ2n) is 4.87. The Kier molecular flexibility index (Phi) is 6.39. The number of ether oxygens (including phenoxy) is 3. The quantitative estimate of drug-likeness (QED) is 0.710.